The van der Waals surface area contributed by atoms with E-state index >= 15 is 0 Å². The van der Waals surface area contributed by atoms with Crippen LogP contribution < -0.4 is 5.32 Å². The van der Waals surface area contributed by atoms with Gasteiger partial charge in [0, 0.05) is 6.42 Å². The third kappa shape index (κ3) is 3.53. The molecule has 0 aliphatic carbocycles. The smallest absolute Gasteiger partial charge is 0.124 e. The Bertz CT molecular complexity index is 206. The lowest BCUT2D eigenvalue weighted by Crippen LogP contribution is -2.04. The van der Waals surface area contributed by atoms with Crippen LogP contribution in [0.5, 0.6) is 0 Å². The van der Waals surface area contributed by atoms with Crippen LogP contribution in [0.3, 0.4) is 0 Å². The fraction of sp³-hybridized carbons (Fsp3) is 0.636. The lowest BCUT2D eigenvalue weighted by atomic mass is 10.1. The molecule has 2 nitrogen and oxygen atoms in total. The first kappa shape index (κ1) is 10.2. The van der Waals surface area contributed by atoms with Crippen LogP contribution in [0, 0.1) is 0 Å². The third-order valence-electron chi connectivity index (χ3n) is 2.20. The van der Waals surface area contributed by atoms with E-state index in [0.717, 1.165) is 17.9 Å². The summed E-state index contributed by atoms with van der Waals surface area (Å²) in [5, 5.41) is 4.18. The van der Waals surface area contributed by atoms with Crippen LogP contribution >= 0.6 is 0 Å². The second-order valence-electron chi connectivity index (χ2n) is 3.35. The maximum absolute atomic E-state index is 5.38. The third-order valence-corrected chi connectivity index (χ3v) is 2.20. The predicted octanol–water partition coefficient (Wildman–Crippen LogP) is 3.29. The fourth-order valence-electron chi connectivity index (χ4n) is 1.36. The van der Waals surface area contributed by atoms with Gasteiger partial charge in [0.1, 0.15) is 12.0 Å². The molecule has 0 N–H and O–H groups in total. The van der Waals surface area contributed by atoms with Crippen molar-refractivity contribution in [2.24, 2.45) is 0 Å². The summed E-state index contributed by atoms with van der Waals surface area (Å²) >= 11 is 0. The molecular weight excluding hydrogens is 162 g/mol. The molecule has 0 amide bonds. The zero-order valence-corrected chi connectivity index (χ0v) is 8.55. The maximum Gasteiger partial charge on any atom is 0.124 e. The molecule has 0 aromatic heterocycles. The molecule has 0 atom stereocenters. The largest absolute Gasteiger partial charge is 0.466 e. The Balaban J connectivity index is 2.20. The van der Waals surface area contributed by atoms with Crippen molar-refractivity contribution in [3.63, 3.8) is 0 Å². The monoisotopic (exact) mass is 180 g/mol. The second kappa shape index (κ2) is 5.68. The molecule has 0 fully saturated rings. The first-order chi connectivity index (χ1) is 6.34. The average molecular weight is 180 g/mol. The summed E-state index contributed by atoms with van der Waals surface area (Å²) in [6.07, 6.45) is 9.49. The van der Waals surface area contributed by atoms with Crippen LogP contribution in [0.1, 0.15) is 46.0 Å². The highest BCUT2D eigenvalue weighted by Crippen LogP contribution is 2.17. The zero-order valence-electron chi connectivity index (χ0n) is 8.55. The highest BCUT2D eigenvalue weighted by atomic mass is 16.5. The number of hydrogen-bond acceptors (Lipinski definition) is 1. The van der Waals surface area contributed by atoms with Crippen LogP contribution in [0.2, 0.25) is 0 Å². The van der Waals surface area contributed by atoms with Gasteiger partial charge in [0.25, 0.3) is 0 Å². The molecule has 0 aromatic carbocycles. The lowest BCUT2D eigenvalue weighted by molar-refractivity contribution is 0.308. The molecule has 73 valence electrons. The van der Waals surface area contributed by atoms with Crippen molar-refractivity contribution < 1.29 is 4.74 Å². The van der Waals surface area contributed by atoms with Gasteiger partial charge in [-0.3, -0.25) is 5.32 Å². The number of allylic oxidation sites excluding steroid dienone is 2. The van der Waals surface area contributed by atoms with Gasteiger partial charge in [-0.2, -0.15) is 0 Å². The Hall–Kier alpha value is -0.920. The van der Waals surface area contributed by atoms with Gasteiger partial charge in [0.05, 0.1) is 11.9 Å². The van der Waals surface area contributed by atoms with Gasteiger partial charge in [-0.15, -0.1) is 0 Å². The van der Waals surface area contributed by atoms with Crippen molar-refractivity contribution in [2.75, 3.05) is 0 Å². The van der Waals surface area contributed by atoms with Crippen LogP contribution in [0.4, 0.5) is 0 Å². The highest BCUT2D eigenvalue weighted by molar-refractivity contribution is 5.10. The van der Waals surface area contributed by atoms with Gasteiger partial charge in [0.2, 0.25) is 0 Å². The summed E-state index contributed by atoms with van der Waals surface area (Å²) < 4.78 is 5.38. The molecule has 0 spiro atoms. The van der Waals surface area contributed by atoms with Gasteiger partial charge >= 0.3 is 0 Å². The van der Waals surface area contributed by atoms with Crippen molar-refractivity contribution in [1.82, 2.24) is 5.32 Å². The highest BCUT2D eigenvalue weighted by Gasteiger charge is 2.06. The van der Waals surface area contributed by atoms with E-state index in [1.807, 2.05) is 6.92 Å². The van der Waals surface area contributed by atoms with E-state index in [2.05, 4.69) is 12.2 Å². The Morgan fingerprint density at radius 3 is 2.85 bits per heavy atom. The van der Waals surface area contributed by atoms with Crippen molar-refractivity contribution >= 4 is 0 Å². The molecule has 13 heavy (non-hydrogen) atoms. The maximum atomic E-state index is 5.38. The summed E-state index contributed by atoms with van der Waals surface area (Å²) in [5.41, 5.74) is 1.03. The molecule has 0 saturated carbocycles. The first-order valence-corrected chi connectivity index (χ1v) is 5.07. The topological polar surface area (TPSA) is 23.3 Å². The SMILES string of the molecule is CCCCCCC1=C(C)[N]C=CO1. The summed E-state index contributed by atoms with van der Waals surface area (Å²) in [7, 11) is 0. The average Bonchev–Trinajstić information content (AvgIpc) is 2.15. The van der Waals surface area contributed by atoms with Crippen LogP contribution in [0.25, 0.3) is 0 Å². The standard InChI is InChI=1S/C11H18NO/c1-3-4-5-6-7-11-10(2)12-8-9-13-11/h8-9H,3-7H2,1-2H3. The van der Waals surface area contributed by atoms with Gasteiger partial charge in [-0.05, 0) is 13.3 Å². The van der Waals surface area contributed by atoms with Crippen molar-refractivity contribution in [3.8, 4) is 0 Å². The van der Waals surface area contributed by atoms with Gasteiger partial charge in [0.15, 0.2) is 0 Å². The minimum atomic E-state index is 1.03. The van der Waals surface area contributed by atoms with Crippen molar-refractivity contribution in [2.45, 2.75) is 46.0 Å². The second-order valence-corrected chi connectivity index (χ2v) is 3.35. The van der Waals surface area contributed by atoms with Crippen molar-refractivity contribution in [1.29, 1.82) is 0 Å². The molecule has 2 heteroatoms. The molecule has 1 aliphatic heterocycles. The Labute approximate surface area is 80.7 Å². The van der Waals surface area contributed by atoms with Gasteiger partial charge in [-0.25, -0.2) is 0 Å². The number of hydrogen-bond donors (Lipinski definition) is 0. The number of rotatable bonds is 5. The summed E-state index contributed by atoms with van der Waals surface area (Å²) in [6, 6.07) is 0. The molecule has 1 radical (unpaired) electrons. The van der Waals surface area contributed by atoms with Crippen LogP contribution in [-0.4, -0.2) is 0 Å². The molecule has 0 bridgehead atoms. The number of ether oxygens (including phenoxy) is 1. The summed E-state index contributed by atoms with van der Waals surface area (Å²) in [5.74, 6) is 1.04. The molecular formula is C11H18NO. The summed E-state index contributed by atoms with van der Waals surface area (Å²) in [4.78, 5) is 0. The molecule has 0 aromatic rings. The quantitative estimate of drug-likeness (QED) is 0.595. The molecule has 1 heterocycles. The molecule has 1 rings (SSSR count). The molecule has 0 unspecified atom stereocenters. The molecule has 0 saturated heterocycles. The fourth-order valence-corrected chi connectivity index (χ4v) is 1.36. The van der Waals surface area contributed by atoms with E-state index in [1.165, 1.54) is 25.7 Å². The Morgan fingerprint density at radius 2 is 2.15 bits per heavy atom. The van der Waals surface area contributed by atoms with E-state index in [-0.39, 0.29) is 0 Å². The van der Waals surface area contributed by atoms with E-state index in [0.29, 0.717) is 0 Å². The van der Waals surface area contributed by atoms with Gasteiger partial charge in [-0.1, -0.05) is 26.2 Å². The Kier molecular flexibility index (Phi) is 4.44. The zero-order chi connectivity index (χ0) is 9.52. The minimum absolute atomic E-state index is 1.03. The predicted molar refractivity (Wildman–Crippen MR) is 53.8 cm³/mol. The van der Waals surface area contributed by atoms with E-state index in [4.69, 9.17) is 4.74 Å². The van der Waals surface area contributed by atoms with E-state index in [1.54, 1.807) is 12.5 Å². The summed E-state index contributed by atoms with van der Waals surface area (Å²) in [6.45, 7) is 4.22. The van der Waals surface area contributed by atoms with E-state index in [9.17, 15) is 0 Å². The van der Waals surface area contributed by atoms with Crippen molar-refractivity contribution in [3.05, 3.63) is 23.9 Å². The first-order valence-electron chi connectivity index (χ1n) is 5.07. The lowest BCUT2D eigenvalue weighted by Gasteiger charge is -2.13. The van der Waals surface area contributed by atoms with Gasteiger partial charge < -0.3 is 4.74 Å². The van der Waals surface area contributed by atoms with E-state index < -0.39 is 0 Å². The van der Waals surface area contributed by atoms with Crippen LogP contribution in [-0.2, 0) is 4.74 Å². The van der Waals surface area contributed by atoms with Crippen LogP contribution in [0.15, 0.2) is 23.9 Å². The minimum Gasteiger partial charge on any atom is -0.466 e. The number of nitrogens with zero attached hydrogens (tertiary/aromatic N) is 1. The molecule has 1 aliphatic rings. The normalized spacial score (nSPS) is 15.5. The Morgan fingerprint density at radius 1 is 1.31 bits per heavy atom. The number of unbranched alkanes of at least 4 members (excludes halogenated alkanes) is 3.